The van der Waals surface area contributed by atoms with E-state index in [9.17, 15) is 17.6 Å². The Hall–Kier alpha value is -1.54. The summed E-state index contributed by atoms with van der Waals surface area (Å²) in [5, 5.41) is 9.12. The highest BCUT2D eigenvalue weighted by Crippen LogP contribution is 2.30. The van der Waals surface area contributed by atoms with Crippen LogP contribution in [0.3, 0.4) is 0 Å². The summed E-state index contributed by atoms with van der Waals surface area (Å²) in [7, 11) is -4.04. The molecule has 104 valence electrons. The molecule has 1 N–H and O–H groups in total. The number of hydrogen-bond donors (Lipinski definition) is 1. The number of pyridine rings is 1. The van der Waals surface area contributed by atoms with E-state index >= 15 is 0 Å². The third kappa shape index (κ3) is 2.45. The summed E-state index contributed by atoms with van der Waals surface area (Å²) in [5.74, 6) is -2.26. The van der Waals surface area contributed by atoms with E-state index in [1.54, 1.807) is 6.92 Å². The van der Waals surface area contributed by atoms with Crippen LogP contribution >= 0.6 is 0 Å². The number of aliphatic carboxylic acids is 1. The maximum Gasteiger partial charge on any atom is 0.322 e. The summed E-state index contributed by atoms with van der Waals surface area (Å²) in [5.41, 5.74) is 0. The molecule has 1 aromatic heterocycles. The molecule has 0 aliphatic carbocycles. The van der Waals surface area contributed by atoms with Gasteiger partial charge in [-0.05, 0) is 18.4 Å². The van der Waals surface area contributed by atoms with Crippen molar-refractivity contribution >= 4 is 16.0 Å². The molecule has 1 aliphatic rings. The average Bonchev–Trinajstić information content (AvgIpc) is 2.72. The highest BCUT2D eigenvalue weighted by atomic mass is 32.2. The number of carbonyl (C=O) groups is 1. The Morgan fingerprint density at radius 1 is 1.53 bits per heavy atom. The second-order valence-electron chi connectivity index (χ2n) is 4.50. The van der Waals surface area contributed by atoms with Crippen molar-refractivity contribution in [2.75, 3.05) is 6.54 Å². The fourth-order valence-electron chi connectivity index (χ4n) is 2.22. The Kier molecular flexibility index (Phi) is 3.55. The number of hydrogen-bond acceptors (Lipinski definition) is 4. The van der Waals surface area contributed by atoms with Gasteiger partial charge < -0.3 is 5.11 Å². The van der Waals surface area contributed by atoms with Crippen LogP contribution in [-0.2, 0) is 14.8 Å². The molecular weight excluding hydrogens is 275 g/mol. The van der Waals surface area contributed by atoms with Crippen molar-refractivity contribution in [3.8, 4) is 0 Å². The Bertz CT molecular complexity index is 604. The predicted octanol–water partition coefficient (Wildman–Crippen LogP) is 0.704. The Morgan fingerprint density at radius 2 is 2.21 bits per heavy atom. The van der Waals surface area contributed by atoms with Crippen molar-refractivity contribution < 1.29 is 22.7 Å². The van der Waals surface area contributed by atoms with Gasteiger partial charge in [-0.15, -0.1) is 0 Å². The lowest BCUT2D eigenvalue weighted by molar-refractivity contribution is -0.141. The monoisotopic (exact) mass is 288 g/mol. The number of carboxylic acids is 1. The van der Waals surface area contributed by atoms with E-state index in [-0.39, 0.29) is 17.4 Å². The molecule has 6 nitrogen and oxygen atoms in total. The molecule has 0 amide bonds. The summed E-state index contributed by atoms with van der Waals surface area (Å²) in [6.45, 7) is 1.79. The number of halogens is 1. The second-order valence-corrected chi connectivity index (χ2v) is 6.39. The minimum Gasteiger partial charge on any atom is -0.480 e. The van der Waals surface area contributed by atoms with Crippen LogP contribution in [0.5, 0.6) is 0 Å². The topological polar surface area (TPSA) is 87.6 Å². The minimum absolute atomic E-state index is 0.108. The van der Waals surface area contributed by atoms with E-state index in [2.05, 4.69) is 4.98 Å². The summed E-state index contributed by atoms with van der Waals surface area (Å²) in [6, 6.07) is -0.280. The van der Waals surface area contributed by atoms with Gasteiger partial charge in [0.05, 0.1) is 6.20 Å². The lowest BCUT2D eigenvalue weighted by Gasteiger charge is -2.22. The van der Waals surface area contributed by atoms with Crippen LogP contribution in [0.25, 0.3) is 0 Å². The Balaban J connectivity index is 2.42. The summed E-state index contributed by atoms with van der Waals surface area (Å²) in [6.07, 6.45) is 2.36. The molecule has 2 atom stereocenters. The molecule has 2 unspecified atom stereocenters. The van der Waals surface area contributed by atoms with E-state index in [0.717, 1.165) is 22.8 Å². The van der Waals surface area contributed by atoms with E-state index in [0.29, 0.717) is 6.42 Å². The van der Waals surface area contributed by atoms with E-state index in [4.69, 9.17) is 5.11 Å². The number of sulfonamides is 1. The first kappa shape index (κ1) is 13.9. The van der Waals surface area contributed by atoms with Crippen LogP contribution in [0.2, 0.25) is 0 Å². The van der Waals surface area contributed by atoms with Crippen LogP contribution in [0.1, 0.15) is 13.3 Å². The minimum atomic E-state index is -4.04. The summed E-state index contributed by atoms with van der Waals surface area (Å²) < 4.78 is 38.6. The largest absolute Gasteiger partial charge is 0.480 e. The van der Waals surface area contributed by atoms with Crippen LogP contribution in [0.15, 0.2) is 23.4 Å². The van der Waals surface area contributed by atoms with Crippen LogP contribution < -0.4 is 0 Å². The molecular formula is C11H13FN2O4S. The van der Waals surface area contributed by atoms with E-state index < -0.39 is 27.9 Å². The zero-order chi connectivity index (χ0) is 14.2. The molecule has 2 rings (SSSR count). The molecule has 8 heteroatoms. The highest BCUT2D eigenvalue weighted by Gasteiger charge is 2.44. The maximum absolute atomic E-state index is 13.1. The number of nitrogens with zero attached hydrogens (tertiary/aromatic N) is 2. The van der Waals surface area contributed by atoms with Gasteiger partial charge in [0.15, 0.2) is 0 Å². The fraction of sp³-hybridized carbons (Fsp3) is 0.455. The highest BCUT2D eigenvalue weighted by molar-refractivity contribution is 7.89. The van der Waals surface area contributed by atoms with Crippen molar-refractivity contribution in [1.29, 1.82) is 0 Å². The van der Waals surface area contributed by atoms with Crippen LogP contribution in [0.4, 0.5) is 4.39 Å². The van der Waals surface area contributed by atoms with E-state index in [1.165, 1.54) is 0 Å². The van der Waals surface area contributed by atoms with Crippen molar-refractivity contribution in [2.45, 2.75) is 24.3 Å². The van der Waals surface area contributed by atoms with Gasteiger partial charge in [0.1, 0.15) is 16.8 Å². The van der Waals surface area contributed by atoms with Gasteiger partial charge in [-0.2, -0.15) is 4.31 Å². The maximum atomic E-state index is 13.1. The van der Waals surface area contributed by atoms with Crippen LogP contribution in [-0.4, -0.2) is 41.4 Å². The Labute approximate surface area is 109 Å². The molecule has 0 spiro atoms. The van der Waals surface area contributed by atoms with Gasteiger partial charge in [0.25, 0.3) is 0 Å². The molecule has 0 aromatic carbocycles. The molecule has 0 bridgehead atoms. The lowest BCUT2D eigenvalue weighted by atomic mass is 10.0. The first-order valence-electron chi connectivity index (χ1n) is 5.69. The van der Waals surface area contributed by atoms with Gasteiger partial charge in [0.2, 0.25) is 10.0 Å². The van der Waals surface area contributed by atoms with Crippen LogP contribution in [0, 0.1) is 11.7 Å². The van der Waals surface area contributed by atoms with Crippen molar-refractivity contribution in [3.63, 3.8) is 0 Å². The predicted molar refractivity (Wildman–Crippen MR) is 63.3 cm³/mol. The first-order chi connectivity index (χ1) is 8.84. The lowest BCUT2D eigenvalue weighted by Crippen LogP contribution is -2.42. The third-order valence-electron chi connectivity index (χ3n) is 3.19. The number of aromatic nitrogens is 1. The smallest absolute Gasteiger partial charge is 0.322 e. The normalized spacial score (nSPS) is 24.5. The number of carboxylic acid groups (broad SMARTS) is 1. The van der Waals surface area contributed by atoms with Gasteiger partial charge in [0, 0.05) is 12.7 Å². The van der Waals surface area contributed by atoms with Crippen molar-refractivity contribution in [1.82, 2.24) is 9.29 Å². The quantitative estimate of drug-likeness (QED) is 0.884. The van der Waals surface area contributed by atoms with Crippen molar-refractivity contribution in [3.05, 3.63) is 24.3 Å². The van der Waals surface area contributed by atoms with Gasteiger partial charge in [-0.25, -0.2) is 12.8 Å². The van der Waals surface area contributed by atoms with Gasteiger partial charge in [-0.1, -0.05) is 6.92 Å². The second kappa shape index (κ2) is 4.86. The molecule has 1 aliphatic heterocycles. The standard InChI is InChI=1S/C11H13FN2O4S/c1-7-2-3-14(10(7)11(15)16)19(17,18)9-4-8(12)5-13-6-9/h4-7,10H,2-3H2,1H3,(H,15,16). The fourth-order valence-corrected chi connectivity index (χ4v) is 3.89. The third-order valence-corrected chi connectivity index (χ3v) is 5.04. The molecule has 1 fully saturated rings. The molecule has 1 saturated heterocycles. The zero-order valence-corrected chi connectivity index (χ0v) is 11.0. The summed E-state index contributed by atoms with van der Waals surface area (Å²) >= 11 is 0. The molecule has 1 aromatic rings. The average molecular weight is 288 g/mol. The Morgan fingerprint density at radius 3 is 2.79 bits per heavy atom. The number of rotatable bonds is 3. The molecule has 2 heterocycles. The van der Waals surface area contributed by atoms with Gasteiger partial charge in [-0.3, -0.25) is 9.78 Å². The van der Waals surface area contributed by atoms with E-state index in [1.807, 2.05) is 0 Å². The molecule has 0 saturated carbocycles. The molecule has 19 heavy (non-hydrogen) atoms. The first-order valence-corrected chi connectivity index (χ1v) is 7.13. The zero-order valence-electron chi connectivity index (χ0n) is 10.2. The van der Waals surface area contributed by atoms with Crippen molar-refractivity contribution in [2.24, 2.45) is 5.92 Å². The van der Waals surface area contributed by atoms with Gasteiger partial charge >= 0.3 is 5.97 Å². The molecule has 0 radical (unpaired) electrons. The summed E-state index contributed by atoms with van der Waals surface area (Å²) in [4.78, 5) is 14.3. The SMILES string of the molecule is CC1CCN(S(=O)(=O)c2cncc(F)c2)C1C(=O)O.